The standard InChI is InChI=1S/C15H18N2O2/c1-9(2)13-15(18)17-14(16-13)11-7-10-5-3-4-6-12(10)19-8-11/h3-6,9,11,13H,7-8H2,1-2H3,(H,16,17,18). The molecule has 1 aromatic rings. The number of ether oxygens (including phenoxy) is 1. The summed E-state index contributed by atoms with van der Waals surface area (Å²) in [6.07, 6.45) is 0.875. The van der Waals surface area contributed by atoms with E-state index in [9.17, 15) is 4.79 Å². The molecule has 0 fully saturated rings. The van der Waals surface area contributed by atoms with Gasteiger partial charge in [0.2, 0.25) is 5.91 Å². The van der Waals surface area contributed by atoms with Crippen LogP contribution < -0.4 is 10.1 Å². The van der Waals surface area contributed by atoms with E-state index in [-0.39, 0.29) is 23.8 Å². The summed E-state index contributed by atoms with van der Waals surface area (Å²) in [5.41, 5.74) is 1.18. The Morgan fingerprint density at radius 2 is 2.16 bits per heavy atom. The Labute approximate surface area is 112 Å². The first-order valence-electron chi connectivity index (χ1n) is 6.74. The van der Waals surface area contributed by atoms with Crippen LogP contribution in [-0.2, 0) is 11.2 Å². The van der Waals surface area contributed by atoms with E-state index in [4.69, 9.17) is 4.74 Å². The predicted molar refractivity (Wildman–Crippen MR) is 73.3 cm³/mol. The van der Waals surface area contributed by atoms with Gasteiger partial charge in [0, 0.05) is 0 Å². The van der Waals surface area contributed by atoms with Crippen LogP contribution in [0, 0.1) is 11.8 Å². The molecule has 2 heterocycles. The highest BCUT2D eigenvalue weighted by atomic mass is 16.5. The third-order valence-corrected chi connectivity index (χ3v) is 3.70. The lowest BCUT2D eigenvalue weighted by Crippen LogP contribution is -2.38. The Bertz CT molecular complexity index is 537. The summed E-state index contributed by atoms with van der Waals surface area (Å²) in [6.45, 7) is 4.62. The number of benzene rings is 1. The van der Waals surface area contributed by atoms with Crippen molar-refractivity contribution in [3.8, 4) is 5.75 Å². The quantitative estimate of drug-likeness (QED) is 0.879. The van der Waals surface area contributed by atoms with E-state index in [1.54, 1.807) is 0 Å². The van der Waals surface area contributed by atoms with Gasteiger partial charge in [0.25, 0.3) is 0 Å². The fourth-order valence-electron chi connectivity index (χ4n) is 2.60. The molecule has 19 heavy (non-hydrogen) atoms. The molecule has 0 bridgehead atoms. The van der Waals surface area contributed by atoms with Gasteiger partial charge in [0.1, 0.15) is 17.6 Å². The lowest BCUT2D eigenvalue weighted by Gasteiger charge is -2.24. The van der Waals surface area contributed by atoms with E-state index >= 15 is 0 Å². The van der Waals surface area contributed by atoms with Crippen LogP contribution in [0.2, 0.25) is 0 Å². The summed E-state index contributed by atoms with van der Waals surface area (Å²) < 4.78 is 5.75. The van der Waals surface area contributed by atoms with Crippen LogP contribution in [0.1, 0.15) is 19.4 Å². The fraction of sp³-hybridized carbons (Fsp3) is 0.467. The molecule has 0 saturated heterocycles. The van der Waals surface area contributed by atoms with E-state index in [0.29, 0.717) is 6.61 Å². The molecule has 1 aromatic carbocycles. The summed E-state index contributed by atoms with van der Waals surface area (Å²) in [7, 11) is 0. The maximum absolute atomic E-state index is 11.8. The van der Waals surface area contributed by atoms with Crippen molar-refractivity contribution < 1.29 is 9.53 Å². The van der Waals surface area contributed by atoms with Gasteiger partial charge in [0.15, 0.2) is 0 Å². The summed E-state index contributed by atoms with van der Waals surface area (Å²) in [5, 5.41) is 2.92. The van der Waals surface area contributed by atoms with Crippen molar-refractivity contribution in [2.75, 3.05) is 6.61 Å². The first-order chi connectivity index (χ1) is 9.15. The van der Waals surface area contributed by atoms with Crippen LogP contribution in [0.5, 0.6) is 5.75 Å². The number of hydrogen-bond acceptors (Lipinski definition) is 3. The number of nitrogens with one attached hydrogen (secondary N) is 1. The molecule has 2 aliphatic rings. The molecule has 1 N–H and O–H groups in total. The summed E-state index contributed by atoms with van der Waals surface area (Å²) >= 11 is 0. The highest BCUT2D eigenvalue weighted by Crippen LogP contribution is 2.28. The SMILES string of the molecule is CC(C)C1N=C(C2COc3ccccc3C2)NC1=O. The van der Waals surface area contributed by atoms with Crippen LogP contribution >= 0.6 is 0 Å². The zero-order valence-corrected chi connectivity index (χ0v) is 11.2. The topological polar surface area (TPSA) is 50.7 Å². The van der Waals surface area contributed by atoms with Crippen LogP contribution in [0.25, 0.3) is 0 Å². The molecule has 1 amide bonds. The van der Waals surface area contributed by atoms with Gasteiger partial charge in [-0.05, 0) is 24.0 Å². The molecular formula is C15H18N2O2. The van der Waals surface area contributed by atoms with Gasteiger partial charge in [-0.25, -0.2) is 0 Å². The molecule has 2 unspecified atom stereocenters. The molecule has 2 atom stereocenters. The number of hydrogen-bond donors (Lipinski definition) is 1. The molecule has 0 radical (unpaired) electrons. The largest absolute Gasteiger partial charge is 0.493 e. The van der Waals surface area contributed by atoms with Gasteiger partial charge in [-0.15, -0.1) is 0 Å². The van der Waals surface area contributed by atoms with Gasteiger partial charge in [-0.1, -0.05) is 32.0 Å². The number of aliphatic imine (C=N–C) groups is 1. The minimum atomic E-state index is -0.243. The van der Waals surface area contributed by atoms with Gasteiger partial charge in [0.05, 0.1) is 12.5 Å². The van der Waals surface area contributed by atoms with Crippen LogP contribution in [0.3, 0.4) is 0 Å². The Balaban J connectivity index is 1.79. The summed E-state index contributed by atoms with van der Waals surface area (Å²) in [4.78, 5) is 16.4. The zero-order valence-electron chi connectivity index (χ0n) is 11.2. The number of carbonyl (C=O) groups is 1. The maximum Gasteiger partial charge on any atom is 0.250 e. The van der Waals surface area contributed by atoms with Gasteiger partial charge in [-0.2, -0.15) is 0 Å². The zero-order chi connectivity index (χ0) is 13.4. The Hall–Kier alpha value is -1.84. The van der Waals surface area contributed by atoms with E-state index < -0.39 is 0 Å². The molecule has 0 aromatic heterocycles. The lowest BCUT2D eigenvalue weighted by atomic mass is 9.96. The molecule has 4 nitrogen and oxygen atoms in total. The average molecular weight is 258 g/mol. The molecule has 0 aliphatic carbocycles. The Kier molecular flexibility index (Phi) is 3.01. The number of amidine groups is 1. The smallest absolute Gasteiger partial charge is 0.250 e. The van der Waals surface area contributed by atoms with Crippen LogP contribution in [0.4, 0.5) is 0 Å². The third kappa shape index (κ3) is 2.23. The molecule has 2 aliphatic heterocycles. The lowest BCUT2D eigenvalue weighted by molar-refractivity contribution is -0.120. The van der Waals surface area contributed by atoms with Gasteiger partial charge < -0.3 is 10.1 Å². The highest BCUT2D eigenvalue weighted by molar-refractivity contribution is 6.07. The predicted octanol–water partition coefficient (Wildman–Crippen LogP) is 1.79. The van der Waals surface area contributed by atoms with Crippen molar-refractivity contribution in [3.05, 3.63) is 29.8 Å². The number of carbonyl (C=O) groups excluding carboxylic acids is 1. The number of rotatable bonds is 2. The van der Waals surface area contributed by atoms with Gasteiger partial charge >= 0.3 is 0 Å². The van der Waals surface area contributed by atoms with Crippen LogP contribution in [0.15, 0.2) is 29.3 Å². The first-order valence-corrected chi connectivity index (χ1v) is 6.74. The van der Waals surface area contributed by atoms with Gasteiger partial charge in [-0.3, -0.25) is 9.79 Å². The first kappa shape index (κ1) is 12.2. The van der Waals surface area contributed by atoms with E-state index in [0.717, 1.165) is 18.0 Å². The molecule has 0 spiro atoms. The third-order valence-electron chi connectivity index (χ3n) is 3.70. The second-order valence-electron chi connectivity index (χ2n) is 5.51. The number of para-hydroxylation sites is 1. The average Bonchev–Trinajstić information content (AvgIpc) is 2.80. The van der Waals surface area contributed by atoms with Crippen molar-refractivity contribution in [3.63, 3.8) is 0 Å². The second-order valence-corrected chi connectivity index (χ2v) is 5.51. The number of nitrogens with zero attached hydrogens (tertiary/aromatic N) is 1. The second kappa shape index (κ2) is 4.68. The highest BCUT2D eigenvalue weighted by Gasteiger charge is 2.34. The fourth-order valence-corrected chi connectivity index (χ4v) is 2.60. The Morgan fingerprint density at radius 1 is 1.37 bits per heavy atom. The summed E-state index contributed by atoms with van der Waals surface area (Å²) in [5.74, 6) is 2.14. The van der Waals surface area contributed by atoms with E-state index in [1.165, 1.54) is 5.56 Å². The molecule has 100 valence electrons. The van der Waals surface area contributed by atoms with Crippen molar-refractivity contribution >= 4 is 11.7 Å². The maximum atomic E-state index is 11.8. The Morgan fingerprint density at radius 3 is 2.89 bits per heavy atom. The molecule has 0 saturated carbocycles. The van der Waals surface area contributed by atoms with Crippen molar-refractivity contribution in [2.24, 2.45) is 16.8 Å². The van der Waals surface area contributed by atoms with Crippen molar-refractivity contribution in [2.45, 2.75) is 26.3 Å². The minimum Gasteiger partial charge on any atom is -0.493 e. The minimum absolute atomic E-state index is 0.0175. The van der Waals surface area contributed by atoms with E-state index in [1.807, 2.05) is 32.0 Å². The van der Waals surface area contributed by atoms with Crippen molar-refractivity contribution in [1.82, 2.24) is 5.32 Å². The summed E-state index contributed by atoms with van der Waals surface area (Å²) in [6, 6.07) is 7.79. The van der Waals surface area contributed by atoms with Crippen molar-refractivity contribution in [1.29, 1.82) is 0 Å². The van der Waals surface area contributed by atoms with E-state index in [2.05, 4.69) is 16.4 Å². The molecular weight excluding hydrogens is 240 g/mol. The molecule has 4 heteroatoms. The normalized spacial score (nSPS) is 25.6. The number of amides is 1. The molecule has 3 rings (SSSR count). The number of fused-ring (bicyclic) bond motifs is 1. The van der Waals surface area contributed by atoms with Crippen LogP contribution in [-0.4, -0.2) is 24.4 Å². The monoisotopic (exact) mass is 258 g/mol.